The van der Waals surface area contributed by atoms with Crippen LogP contribution in [0, 0.1) is 0 Å². The highest BCUT2D eigenvalue weighted by Gasteiger charge is 2.24. The molecule has 0 radical (unpaired) electrons. The van der Waals surface area contributed by atoms with Crippen molar-refractivity contribution in [3.63, 3.8) is 0 Å². The average Bonchev–Trinajstić information content (AvgIpc) is 2.89. The summed E-state index contributed by atoms with van der Waals surface area (Å²) in [7, 11) is 1.59. The van der Waals surface area contributed by atoms with Gasteiger partial charge in [-0.1, -0.05) is 6.07 Å². The Balaban J connectivity index is 1.89. The van der Waals surface area contributed by atoms with Gasteiger partial charge < -0.3 is 9.47 Å². The van der Waals surface area contributed by atoms with Gasteiger partial charge in [-0.15, -0.1) is 0 Å². The molecular formula is C16H12N2O3. The zero-order valence-corrected chi connectivity index (χ0v) is 11.3. The summed E-state index contributed by atoms with van der Waals surface area (Å²) in [4.78, 5) is 20.2. The van der Waals surface area contributed by atoms with Crippen molar-refractivity contribution in [3.05, 3.63) is 65.6 Å². The van der Waals surface area contributed by atoms with Crippen LogP contribution in [0.15, 0.2) is 59.4 Å². The predicted molar refractivity (Wildman–Crippen MR) is 77.8 cm³/mol. The minimum atomic E-state index is -0.480. The summed E-state index contributed by atoms with van der Waals surface area (Å²) in [6.07, 6.45) is 3.25. The SMILES string of the molecule is COc1ccc(C2=N/C(=C/c3ccccn3)C(=O)O2)cc1. The number of methoxy groups -OCH3 is 1. The molecule has 1 aliphatic heterocycles. The highest BCUT2D eigenvalue weighted by atomic mass is 16.6. The molecule has 0 saturated carbocycles. The fraction of sp³-hybridized carbons (Fsp3) is 0.0625. The second kappa shape index (κ2) is 5.58. The lowest BCUT2D eigenvalue weighted by Crippen LogP contribution is -2.05. The van der Waals surface area contributed by atoms with Crippen molar-refractivity contribution in [1.29, 1.82) is 0 Å². The van der Waals surface area contributed by atoms with Crippen LogP contribution in [0.4, 0.5) is 0 Å². The number of ether oxygens (including phenoxy) is 2. The first-order chi connectivity index (χ1) is 10.3. The molecule has 0 amide bonds. The maximum atomic E-state index is 11.8. The van der Waals surface area contributed by atoms with Crippen molar-refractivity contribution in [1.82, 2.24) is 4.98 Å². The summed E-state index contributed by atoms with van der Waals surface area (Å²) >= 11 is 0. The lowest BCUT2D eigenvalue weighted by molar-refractivity contribution is -0.129. The maximum absolute atomic E-state index is 11.8. The molecule has 5 nitrogen and oxygen atoms in total. The first kappa shape index (κ1) is 13.1. The zero-order chi connectivity index (χ0) is 14.7. The van der Waals surface area contributed by atoms with Crippen molar-refractivity contribution in [2.75, 3.05) is 7.11 Å². The molecule has 0 N–H and O–H groups in total. The van der Waals surface area contributed by atoms with E-state index in [1.54, 1.807) is 55.8 Å². The number of pyridine rings is 1. The average molecular weight is 280 g/mol. The van der Waals surface area contributed by atoms with Crippen molar-refractivity contribution in [3.8, 4) is 5.75 Å². The Labute approximate surface area is 121 Å². The van der Waals surface area contributed by atoms with Gasteiger partial charge in [0.05, 0.1) is 12.8 Å². The Hall–Kier alpha value is -2.95. The largest absolute Gasteiger partial charge is 0.497 e. The van der Waals surface area contributed by atoms with E-state index in [1.807, 2.05) is 6.07 Å². The van der Waals surface area contributed by atoms with E-state index in [1.165, 1.54) is 0 Å². The van der Waals surface area contributed by atoms with E-state index >= 15 is 0 Å². The summed E-state index contributed by atoms with van der Waals surface area (Å²) < 4.78 is 10.3. The van der Waals surface area contributed by atoms with Gasteiger partial charge in [0.1, 0.15) is 5.75 Å². The van der Waals surface area contributed by atoms with Crippen molar-refractivity contribution >= 4 is 17.9 Å². The Morgan fingerprint density at radius 3 is 2.62 bits per heavy atom. The summed E-state index contributed by atoms with van der Waals surface area (Å²) in [5.41, 5.74) is 1.61. The molecule has 0 spiro atoms. The van der Waals surface area contributed by atoms with Gasteiger partial charge >= 0.3 is 5.97 Å². The van der Waals surface area contributed by atoms with Crippen LogP contribution in [0.1, 0.15) is 11.3 Å². The number of aromatic nitrogens is 1. The van der Waals surface area contributed by atoms with E-state index < -0.39 is 5.97 Å². The van der Waals surface area contributed by atoms with Gasteiger partial charge in [-0.05, 0) is 42.5 Å². The molecule has 0 fully saturated rings. The fourth-order valence-electron chi connectivity index (χ4n) is 1.87. The molecular weight excluding hydrogens is 268 g/mol. The number of aliphatic imine (C=N–C) groups is 1. The van der Waals surface area contributed by atoms with E-state index in [0.717, 1.165) is 5.75 Å². The third-order valence-corrected chi connectivity index (χ3v) is 2.93. The molecule has 21 heavy (non-hydrogen) atoms. The van der Waals surface area contributed by atoms with Gasteiger partial charge in [-0.25, -0.2) is 9.79 Å². The van der Waals surface area contributed by atoms with Crippen LogP contribution in [-0.2, 0) is 9.53 Å². The first-order valence-corrected chi connectivity index (χ1v) is 6.34. The smallest absolute Gasteiger partial charge is 0.363 e. The number of esters is 1. The van der Waals surface area contributed by atoms with E-state index in [2.05, 4.69) is 9.98 Å². The maximum Gasteiger partial charge on any atom is 0.363 e. The normalized spacial score (nSPS) is 15.8. The topological polar surface area (TPSA) is 60.8 Å². The molecule has 1 aromatic heterocycles. The number of benzene rings is 1. The number of hydrogen-bond donors (Lipinski definition) is 0. The Kier molecular flexibility index (Phi) is 3.47. The molecule has 0 unspecified atom stereocenters. The van der Waals surface area contributed by atoms with Crippen LogP contribution >= 0.6 is 0 Å². The molecule has 0 atom stereocenters. The van der Waals surface area contributed by atoms with Crippen LogP contribution < -0.4 is 4.74 Å². The Bertz CT molecular complexity index is 719. The third kappa shape index (κ3) is 2.81. The van der Waals surface area contributed by atoms with Crippen LogP contribution in [0.2, 0.25) is 0 Å². The lowest BCUT2D eigenvalue weighted by atomic mass is 10.2. The van der Waals surface area contributed by atoms with Crippen LogP contribution in [-0.4, -0.2) is 24.0 Å². The van der Waals surface area contributed by atoms with Crippen molar-refractivity contribution in [2.45, 2.75) is 0 Å². The van der Waals surface area contributed by atoms with E-state index in [0.29, 0.717) is 11.3 Å². The predicted octanol–water partition coefficient (Wildman–Crippen LogP) is 2.43. The number of rotatable bonds is 3. The summed E-state index contributed by atoms with van der Waals surface area (Å²) in [6.45, 7) is 0. The van der Waals surface area contributed by atoms with Gasteiger partial charge in [-0.2, -0.15) is 0 Å². The van der Waals surface area contributed by atoms with E-state index in [-0.39, 0.29) is 11.6 Å². The van der Waals surface area contributed by atoms with Crippen LogP contribution in [0.25, 0.3) is 6.08 Å². The number of carbonyl (C=O) groups excluding carboxylic acids is 1. The molecule has 5 heteroatoms. The van der Waals surface area contributed by atoms with Gasteiger partial charge in [0.25, 0.3) is 0 Å². The van der Waals surface area contributed by atoms with Gasteiger partial charge in [0, 0.05) is 11.8 Å². The molecule has 0 saturated heterocycles. The first-order valence-electron chi connectivity index (χ1n) is 6.34. The number of hydrogen-bond acceptors (Lipinski definition) is 5. The molecule has 3 rings (SSSR count). The molecule has 2 aromatic rings. The molecule has 1 aliphatic rings. The summed E-state index contributed by atoms with van der Waals surface area (Å²) in [6, 6.07) is 12.6. The zero-order valence-electron chi connectivity index (χ0n) is 11.3. The van der Waals surface area contributed by atoms with Crippen molar-refractivity contribution < 1.29 is 14.3 Å². The van der Waals surface area contributed by atoms with Crippen molar-refractivity contribution in [2.24, 2.45) is 4.99 Å². The van der Waals surface area contributed by atoms with Crippen LogP contribution in [0.3, 0.4) is 0 Å². The van der Waals surface area contributed by atoms with Gasteiger partial charge in [0.2, 0.25) is 5.90 Å². The Morgan fingerprint density at radius 2 is 1.95 bits per heavy atom. The van der Waals surface area contributed by atoms with E-state index in [9.17, 15) is 4.79 Å². The highest BCUT2D eigenvalue weighted by molar-refractivity contribution is 6.12. The fourth-order valence-corrected chi connectivity index (χ4v) is 1.87. The molecule has 104 valence electrons. The molecule has 1 aromatic carbocycles. The number of cyclic esters (lactones) is 1. The van der Waals surface area contributed by atoms with Gasteiger partial charge in [-0.3, -0.25) is 4.98 Å². The highest BCUT2D eigenvalue weighted by Crippen LogP contribution is 2.20. The van der Waals surface area contributed by atoms with Gasteiger partial charge in [0.15, 0.2) is 5.70 Å². The Morgan fingerprint density at radius 1 is 1.14 bits per heavy atom. The number of carbonyl (C=O) groups is 1. The standard InChI is InChI=1S/C16H12N2O3/c1-20-13-7-5-11(6-8-13)15-18-14(16(19)21-15)10-12-4-2-3-9-17-12/h2-10H,1H3/b14-10+. The molecule has 0 bridgehead atoms. The quantitative estimate of drug-likeness (QED) is 0.640. The third-order valence-electron chi connectivity index (χ3n) is 2.93. The molecule has 0 aliphatic carbocycles. The second-order valence-corrected chi connectivity index (χ2v) is 4.32. The monoisotopic (exact) mass is 280 g/mol. The minimum absolute atomic E-state index is 0.236. The minimum Gasteiger partial charge on any atom is -0.497 e. The lowest BCUT2D eigenvalue weighted by Gasteiger charge is -2.01. The van der Waals surface area contributed by atoms with Crippen LogP contribution in [0.5, 0.6) is 5.75 Å². The second-order valence-electron chi connectivity index (χ2n) is 4.32. The summed E-state index contributed by atoms with van der Waals surface area (Å²) in [5, 5.41) is 0. The summed E-state index contributed by atoms with van der Waals surface area (Å²) in [5.74, 6) is 0.532. The molecule has 2 heterocycles. The van der Waals surface area contributed by atoms with E-state index in [4.69, 9.17) is 9.47 Å². The number of nitrogens with zero attached hydrogens (tertiary/aromatic N) is 2.